The molecule has 0 radical (unpaired) electrons. The number of rotatable bonds is 3. The molecule has 0 aliphatic heterocycles. The highest BCUT2D eigenvalue weighted by Gasteiger charge is 2.26. The Balaban J connectivity index is 2.08. The van der Waals surface area contributed by atoms with Crippen molar-refractivity contribution in [2.45, 2.75) is 58.2 Å². The van der Waals surface area contributed by atoms with E-state index < -0.39 is 0 Å². The molecular weight excluding hydrogens is 222 g/mol. The van der Waals surface area contributed by atoms with Crippen molar-refractivity contribution < 1.29 is 5.11 Å². The Labute approximate surface area is 111 Å². The Morgan fingerprint density at radius 2 is 1.78 bits per heavy atom. The molecule has 2 heteroatoms. The van der Waals surface area contributed by atoms with Gasteiger partial charge in [-0.05, 0) is 50.4 Å². The summed E-state index contributed by atoms with van der Waals surface area (Å²) in [5.41, 5.74) is 4.12. The predicted octanol–water partition coefficient (Wildman–Crippen LogP) is 3.04. The number of nitrogens with zero attached hydrogens (tertiary/aromatic N) is 1. The maximum Gasteiger partial charge on any atom is 0.0695 e. The maximum atomic E-state index is 10.1. The minimum Gasteiger partial charge on any atom is -0.391 e. The van der Waals surface area contributed by atoms with Crippen LogP contribution in [0.1, 0.15) is 42.4 Å². The lowest BCUT2D eigenvalue weighted by Crippen LogP contribution is -2.43. The van der Waals surface area contributed by atoms with Crippen LogP contribution in [0, 0.1) is 13.8 Å². The number of hydrogen-bond acceptors (Lipinski definition) is 2. The second-order valence-corrected chi connectivity index (χ2v) is 5.70. The molecule has 0 amide bonds. The molecule has 0 heterocycles. The van der Waals surface area contributed by atoms with E-state index in [-0.39, 0.29) is 6.10 Å². The highest BCUT2D eigenvalue weighted by Crippen LogP contribution is 2.25. The van der Waals surface area contributed by atoms with E-state index >= 15 is 0 Å². The SMILES string of the molecule is Cc1cccc(C)c1CN(C)C1CCCCC1O. The fourth-order valence-corrected chi connectivity index (χ4v) is 3.07. The number of aliphatic hydroxyl groups excluding tert-OH is 1. The van der Waals surface area contributed by atoms with E-state index in [9.17, 15) is 5.11 Å². The third-order valence-corrected chi connectivity index (χ3v) is 4.31. The standard InChI is InChI=1S/C16H25NO/c1-12-7-6-8-13(2)14(12)11-17(3)15-9-4-5-10-16(15)18/h6-8,15-16,18H,4-5,9-11H2,1-3H3. The Kier molecular flexibility index (Phi) is 4.41. The molecule has 1 fully saturated rings. The van der Waals surface area contributed by atoms with Crippen LogP contribution in [0.3, 0.4) is 0 Å². The number of hydrogen-bond donors (Lipinski definition) is 1. The summed E-state index contributed by atoms with van der Waals surface area (Å²) in [5.74, 6) is 0. The van der Waals surface area contributed by atoms with Crippen molar-refractivity contribution in [1.29, 1.82) is 0 Å². The van der Waals surface area contributed by atoms with Crippen molar-refractivity contribution in [3.63, 3.8) is 0 Å². The highest BCUT2D eigenvalue weighted by atomic mass is 16.3. The molecule has 0 saturated heterocycles. The molecule has 1 aliphatic carbocycles. The molecule has 0 aromatic heterocycles. The van der Waals surface area contributed by atoms with Gasteiger partial charge in [-0.15, -0.1) is 0 Å². The summed E-state index contributed by atoms with van der Waals surface area (Å²) >= 11 is 0. The van der Waals surface area contributed by atoms with Crippen LogP contribution in [0.15, 0.2) is 18.2 Å². The first-order chi connectivity index (χ1) is 8.59. The molecule has 2 unspecified atom stereocenters. The van der Waals surface area contributed by atoms with Gasteiger partial charge in [0.1, 0.15) is 0 Å². The van der Waals surface area contributed by atoms with Gasteiger partial charge in [-0.25, -0.2) is 0 Å². The summed E-state index contributed by atoms with van der Waals surface area (Å²) < 4.78 is 0. The van der Waals surface area contributed by atoms with Gasteiger partial charge in [0.05, 0.1) is 6.10 Å². The first-order valence-corrected chi connectivity index (χ1v) is 7.03. The monoisotopic (exact) mass is 247 g/mol. The van der Waals surface area contributed by atoms with Crippen LogP contribution in [0.2, 0.25) is 0 Å². The van der Waals surface area contributed by atoms with Gasteiger partial charge in [0.2, 0.25) is 0 Å². The van der Waals surface area contributed by atoms with E-state index in [1.54, 1.807) is 0 Å². The number of aliphatic hydroxyl groups is 1. The van der Waals surface area contributed by atoms with Crippen LogP contribution in [-0.2, 0) is 6.54 Å². The quantitative estimate of drug-likeness (QED) is 0.887. The van der Waals surface area contributed by atoms with E-state index in [1.807, 2.05) is 0 Å². The van der Waals surface area contributed by atoms with Crippen LogP contribution in [-0.4, -0.2) is 29.2 Å². The second kappa shape index (κ2) is 5.85. The van der Waals surface area contributed by atoms with Crippen molar-refractivity contribution in [1.82, 2.24) is 4.90 Å². The summed E-state index contributed by atoms with van der Waals surface area (Å²) in [7, 11) is 2.14. The smallest absolute Gasteiger partial charge is 0.0695 e. The summed E-state index contributed by atoms with van der Waals surface area (Å²) in [4.78, 5) is 2.33. The minimum atomic E-state index is -0.145. The van der Waals surface area contributed by atoms with Crippen molar-refractivity contribution in [2.75, 3.05) is 7.05 Å². The summed E-state index contributed by atoms with van der Waals surface area (Å²) in [5, 5.41) is 10.1. The average molecular weight is 247 g/mol. The van der Waals surface area contributed by atoms with Gasteiger partial charge in [0.15, 0.2) is 0 Å². The molecule has 0 spiro atoms. The van der Waals surface area contributed by atoms with Crippen molar-refractivity contribution in [2.24, 2.45) is 0 Å². The van der Waals surface area contributed by atoms with E-state index in [4.69, 9.17) is 0 Å². The van der Waals surface area contributed by atoms with Gasteiger partial charge in [0, 0.05) is 12.6 Å². The Bertz CT molecular complexity index is 382. The number of likely N-dealkylation sites (N-methyl/N-ethyl adjacent to an activating group) is 1. The molecule has 1 aromatic carbocycles. The average Bonchev–Trinajstić information content (AvgIpc) is 2.34. The number of aryl methyl sites for hydroxylation is 2. The Morgan fingerprint density at radius 3 is 2.39 bits per heavy atom. The van der Waals surface area contributed by atoms with Gasteiger partial charge >= 0.3 is 0 Å². The Hall–Kier alpha value is -0.860. The molecule has 0 bridgehead atoms. The van der Waals surface area contributed by atoms with Gasteiger partial charge in [0.25, 0.3) is 0 Å². The summed E-state index contributed by atoms with van der Waals surface area (Å²) in [6.07, 6.45) is 4.37. The highest BCUT2D eigenvalue weighted by molar-refractivity contribution is 5.33. The third-order valence-electron chi connectivity index (χ3n) is 4.31. The largest absolute Gasteiger partial charge is 0.391 e. The zero-order valence-corrected chi connectivity index (χ0v) is 11.8. The molecule has 1 aliphatic rings. The zero-order valence-electron chi connectivity index (χ0n) is 11.8. The van der Waals surface area contributed by atoms with Gasteiger partial charge in [-0.2, -0.15) is 0 Å². The Morgan fingerprint density at radius 1 is 1.17 bits per heavy atom. The zero-order chi connectivity index (χ0) is 13.1. The van der Waals surface area contributed by atoms with Crippen LogP contribution in [0.25, 0.3) is 0 Å². The van der Waals surface area contributed by atoms with Gasteiger partial charge in [-0.1, -0.05) is 31.0 Å². The summed E-state index contributed by atoms with van der Waals surface area (Å²) in [6, 6.07) is 6.79. The van der Waals surface area contributed by atoms with Gasteiger partial charge in [-0.3, -0.25) is 4.90 Å². The van der Waals surface area contributed by atoms with Crippen molar-refractivity contribution in [3.8, 4) is 0 Å². The molecule has 2 rings (SSSR count). The van der Waals surface area contributed by atoms with Crippen LogP contribution < -0.4 is 0 Å². The maximum absolute atomic E-state index is 10.1. The fraction of sp³-hybridized carbons (Fsp3) is 0.625. The number of benzene rings is 1. The lowest BCUT2D eigenvalue weighted by molar-refractivity contribution is 0.0287. The lowest BCUT2D eigenvalue weighted by atomic mass is 9.91. The molecule has 2 atom stereocenters. The molecule has 1 saturated carbocycles. The van der Waals surface area contributed by atoms with Crippen molar-refractivity contribution in [3.05, 3.63) is 34.9 Å². The molecule has 18 heavy (non-hydrogen) atoms. The van der Waals surface area contributed by atoms with Crippen LogP contribution >= 0.6 is 0 Å². The molecule has 100 valence electrons. The topological polar surface area (TPSA) is 23.5 Å². The lowest BCUT2D eigenvalue weighted by Gasteiger charge is -2.35. The second-order valence-electron chi connectivity index (χ2n) is 5.70. The molecule has 2 nitrogen and oxygen atoms in total. The van der Waals surface area contributed by atoms with E-state index in [1.165, 1.54) is 29.5 Å². The van der Waals surface area contributed by atoms with E-state index in [0.717, 1.165) is 19.4 Å². The van der Waals surface area contributed by atoms with Crippen LogP contribution in [0.5, 0.6) is 0 Å². The predicted molar refractivity (Wildman–Crippen MR) is 75.6 cm³/mol. The van der Waals surface area contributed by atoms with Gasteiger partial charge < -0.3 is 5.11 Å². The van der Waals surface area contributed by atoms with Crippen molar-refractivity contribution >= 4 is 0 Å². The third kappa shape index (κ3) is 2.93. The van der Waals surface area contributed by atoms with E-state index in [2.05, 4.69) is 44.0 Å². The fourth-order valence-electron chi connectivity index (χ4n) is 3.07. The van der Waals surface area contributed by atoms with Crippen LogP contribution in [0.4, 0.5) is 0 Å². The first-order valence-electron chi connectivity index (χ1n) is 7.03. The molecule has 1 N–H and O–H groups in total. The molecular formula is C16H25NO. The molecule has 1 aromatic rings. The minimum absolute atomic E-state index is 0.145. The first kappa shape index (κ1) is 13.6. The summed E-state index contributed by atoms with van der Waals surface area (Å²) in [6.45, 7) is 5.29. The normalized spacial score (nSPS) is 24.5. The van der Waals surface area contributed by atoms with E-state index in [0.29, 0.717) is 6.04 Å².